The van der Waals surface area contributed by atoms with Crippen LogP contribution in [-0.2, 0) is 32.4 Å². The molecule has 1 aromatic heterocycles. The first-order chi connectivity index (χ1) is 13.2. The summed E-state index contributed by atoms with van der Waals surface area (Å²) in [5.74, 6) is -0.888. The van der Waals surface area contributed by atoms with E-state index in [0.29, 0.717) is 17.8 Å². The molecule has 0 aliphatic carbocycles. The molecule has 28 heavy (non-hydrogen) atoms. The van der Waals surface area contributed by atoms with Crippen molar-refractivity contribution in [1.29, 1.82) is 0 Å². The standard InChI is InChI=1S/C19H24N2O5S2/c1-3-4-15-11-17(27-13(15)2)19(23)26-12-18(22)21-10-9-14-5-7-16(8-6-14)28(20,24)25/h5-8,11H,3-4,9-10,12H2,1-2H3,(H,21,22)(H2,20,24,25). The minimum absolute atomic E-state index is 0.0399. The van der Waals surface area contributed by atoms with Crippen molar-refractivity contribution in [3.8, 4) is 0 Å². The lowest BCUT2D eigenvalue weighted by Gasteiger charge is -2.06. The number of hydrogen-bond donors (Lipinski definition) is 2. The Morgan fingerprint density at radius 1 is 1.18 bits per heavy atom. The van der Waals surface area contributed by atoms with E-state index in [1.807, 2.05) is 13.0 Å². The Morgan fingerprint density at radius 3 is 2.46 bits per heavy atom. The number of hydrogen-bond acceptors (Lipinski definition) is 6. The van der Waals surface area contributed by atoms with Crippen molar-refractivity contribution in [2.75, 3.05) is 13.2 Å². The summed E-state index contributed by atoms with van der Waals surface area (Å²) in [4.78, 5) is 25.6. The van der Waals surface area contributed by atoms with Crippen LogP contribution in [0.1, 0.15) is 39.0 Å². The van der Waals surface area contributed by atoms with E-state index in [0.717, 1.165) is 28.8 Å². The van der Waals surface area contributed by atoms with Gasteiger partial charge in [0.25, 0.3) is 5.91 Å². The lowest BCUT2D eigenvalue weighted by molar-refractivity contribution is -0.124. The van der Waals surface area contributed by atoms with Crippen LogP contribution < -0.4 is 10.5 Å². The van der Waals surface area contributed by atoms with Gasteiger partial charge in [0.1, 0.15) is 4.88 Å². The number of carbonyl (C=O) groups is 2. The highest BCUT2D eigenvalue weighted by Crippen LogP contribution is 2.23. The Kier molecular flexibility index (Phi) is 7.73. The molecule has 1 amide bonds. The summed E-state index contributed by atoms with van der Waals surface area (Å²) in [6.45, 7) is 4.04. The van der Waals surface area contributed by atoms with Gasteiger partial charge in [-0.1, -0.05) is 25.5 Å². The van der Waals surface area contributed by atoms with E-state index >= 15 is 0 Å². The number of thiophene rings is 1. The molecule has 0 spiro atoms. The van der Waals surface area contributed by atoms with Gasteiger partial charge in [-0.25, -0.2) is 18.4 Å². The zero-order valence-electron chi connectivity index (χ0n) is 15.9. The largest absolute Gasteiger partial charge is 0.451 e. The highest BCUT2D eigenvalue weighted by Gasteiger charge is 2.15. The number of rotatable bonds is 9. The fourth-order valence-corrected chi connectivity index (χ4v) is 4.06. The lowest BCUT2D eigenvalue weighted by Crippen LogP contribution is -2.30. The van der Waals surface area contributed by atoms with Crippen LogP contribution in [0.25, 0.3) is 0 Å². The number of amides is 1. The normalized spacial score (nSPS) is 11.2. The van der Waals surface area contributed by atoms with Crippen LogP contribution >= 0.6 is 11.3 Å². The van der Waals surface area contributed by atoms with Crippen molar-refractivity contribution in [3.05, 3.63) is 51.2 Å². The SMILES string of the molecule is CCCc1cc(C(=O)OCC(=O)NCCc2ccc(S(N)(=O)=O)cc2)sc1C. The van der Waals surface area contributed by atoms with Crippen LogP contribution in [0.15, 0.2) is 35.2 Å². The summed E-state index contributed by atoms with van der Waals surface area (Å²) in [6.07, 6.45) is 2.42. The van der Waals surface area contributed by atoms with Gasteiger partial charge in [0.2, 0.25) is 10.0 Å². The fourth-order valence-electron chi connectivity index (χ4n) is 2.58. The highest BCUT2D eigenvalue weighted by atomic mass is 32.2. The quantitative estimate of drug-likeness (QED) is 0.599. The van der Waals surface area contributed by atoms with Crippen molar-refractivity contribution >= 4 is 33.2 Å². The van der Waals surface area contributed by atoms with Gasteiger partial charge in [-0.05, 0) is 49.1 Å². The van der Waals surface area contributed by atoms with Gasteiger partial charge in [0, 0.05) is 11.4 Å². The van der Waals surface area contributed by atoms with E-state index in [2.05, 4.69) is 12.2 Å². The molecule has 0 aliphatic heterocycles. The van der Waals surface area contributed by atoms with Gasteiger partial charge < -0.3 is 10.1 Å². The van der Waals surface area contributed by atoms with E-state index in [-0.39, 0.29) is 11.5 Å². The second-order valence-electron chi connectivity index (χ2n) is 6.31. The molecule has 0 atom stereocenters. The number of nitrogens with two attached hydrogens (primary N) is 1. The average molecular weight is 425 g/mol. The number of aryl methyl sites for hydroxylation is 2. The molecular formula is C19H24N2O5S2. The van der Waals surface area contributed by atoms with E-state index in [1.165, 1.54) is 23.5 Å². The zero-order valence-corrected chi connectivity index (χ0v) is 17.5. The van der Waals surface area contributed by atoms with Crippen molar-refractivity contribution in [3.63, 3.8) is 0 Å². The van der Waals surface area contributed by atoms with Gasteiger partial charge in [0.15, 0.2) is 6.61 Å². The third kappa shape index (κ3) is 6.43. The molecule has 2 aromatic rings. The van der Waals surface area contributed by atoms with E-state index in [4.69, 9.17) is 9.88 Å². The number of carbonyl (C=O) groups excluding carboxylic acids is 2. The molecule has 9 heteroatoms. The number of primary sulfonamides is 1. The summed E-state index contributed by atoms with van der Waals surface area (Å²) in [5.41, 5.74) is 1.99. The van der Waals surface area contributed by atoms with Gasteiger partial charge in [0.05, 0.1) is 4.90 Å². The zero-order chi connectivity index (χ0) is 20.7. The van der Waals surface area contributed by atoms with E-state index < -0.39 is 21.9 Å². The first-order valence-electron chi connectivity index (χ1n) is 8.85. The molecule has 3 N–H and O–H groups in total. The summed E-state index contributed by atoms with van der Waals surface area (Å²) in [7, 11) is -3.71. The van der Waals surface area contributed by atoms with Crippen LogP contribution in [0.3, 0.4) is 0 Å². The topological polar surface area (TPSA) is 116 Å². The molecule has 1 heterocycles. The van der Waals surface area contributed by atoms with Crippen molar-refractivity contribution in [1.82, 2.24) is 5.32 Å². The number of benzene rings is 1. The average Bonchev–Trinajstić information content (AvgIpc) is 3.00. The molecule has 0 saturated carbocycles. The smallest absolute Gasteiger partial charge is 0.348 e. The lowest BCUT2D eigenvalue weighted by atomic mass is 10.1. The monoisotopic (exact) mass is 424 g/mol. The van der Waals surface area contributed by atoms with Crippen LogP contribution in [0, 0.1) is 6.92 Å². The van der Waals surface area contributed by atoms with E-state index in [9.17, 15) is 18.0 Å². The Bertz CT molecular complexity index is 934. The van der Waals surface area contributed by atoms with Crippen molar-refractivity contribution in [2.45, 2.75) is 38.0 Å². The third-order valence-corrected chi connectivity index (χ3v) is 6.07. The van der Waals surface area contributed by atoms with Crippen LogP contribution in [-0.4, -0.2) is 33.4 Å². The number of ether oxygens (including phenoxy) is 1. The number of sulfonamides is 1. The molecule has 0 unspecified atom stereocenters. The third-order valence-electron chi connectivity index (χ3n) is 4.06. The summed E-state index contributed by atoms with van der Waals surface area (Å²) in [5, 5.41) is 7.71. The molecule has 0 saturated heterocycles. The predicted molar refractivity (Wildman–Crippen MR) is 108 cm³/mol. The molecule has 152 valence electrons. The predicted octanol–water partition coefficient (Wildman–Crippen LogP) is 2.17. The molecule has 0 bridgehead atoms. The van der Waals surface area contributed by atoms with Crippen molar-refractivity contribution in [2.24, 2.45) is 5.14 Å². The second kappa shape index (κ2) is 9.81. The Morgan fingerprint density at radius 2 is 1.86 bits per heavy atom. The summed E-state index contributed by atoms with van der Waals surface area (Å²) < 4.78 is 27.5. The van der Waals surface area contributed by atoms with Crippen LogP contribution in [0.5, 0.6) is 0 Å². The highest BCUT2D eigenvalue weighted by molar-refractivity contribution is 7.89. The maximum atomic E-state index is 12.1. The number of nitrogens with one attached hydrogen (secondary N) is 1. The summed E-state index contributed by atoms with van der Waals surface area (Å²) >= 11 is 1.37. The van der Waals surface area contributed by atoms with E-state index in [1.54, 1.807) is 12.1 Å². The molecule has 7 nitrogen and oxygen atoms in total. The Balaban J connectivity index is 1.75. The fraction of sp³-hybridized carbons (Fsp3) is 0.368. The minimum Gasteiger partial charge on any atom is -0.451 e. The molecule has 0 aliphatic rings. The van der Waals surface area contributed by atoms with Gasteiger partial charge in [-0.2, -0.15) is 0 Å². The summed E-state index contributed by atoms with van der Waals surface area (Å²) in [6, 6.07) is 7.95. The van der Waals surface area contributed by atoms with Crippen molar-refractivity contribution < 1.29 is 22.7 Å². The first kappa shape index (κ1) is 22.1. The number of esters is 1. The minimum atomic E-state index is -3.71. The maximum Gasteiger partial charge on any atom is 0.348 e. The van der Waals surface area contributed by atoms with Gasteiger partial charge >= 0.3 is 5.97 Å². The van der Waals surface area contributed by atoms with Gasteiger partial charge in [-0.15, -0.1) is 11.3 Å². The maximum absolute atomic E-state index is 12.1. The molecular weight excluding hydrogens is 400 g/mol. The molecule has 0 fully saturated rings. The molecule has 2 rings (SSSR count). The Labute approximate surface area is 169 Å². The molecule has 0 radical (unpaired) electrons. The second-order valence-corrected chi connectivity index (χ2v) is 9.12. The van der Waals surface area contributed by atoms with Crippen LogP contribution in [0.4, 0.5) is 0 Å². The Hall–Kier alpha value is -2.23. The first-order valence-corrected chi connectivity index (χ1v) is 11.2. The van der Waals surface area contributed by atoms with Crippen LogP contribution in [0.2, 0.25) is 0 Å². The molecule has 1 aromatic carbocycles. The van der Waals surface area contributed by atoms with Gasteiger partial charge in [-0.3, -0.25) is 4.79 Å².